The lowest BCUT2D eigenvalue weighted by molar-refractivity contribution is 0.0978. The molecule has 108 valence electrons. The van der Waals surface area contributed by atoms with Gasteiger partial charge in [-0.15, -0.1) is 0 Å². The van der Waals surface area contributed by atoms with Gasteiger partial charge in [-0.1, -0.05) is 68.6 Å². The molecule has 1 N–H and O–H groups in total. The van der Waals surface area contributed by atoms with E-state index in [2.05, 4.69) is 19.9 Å². The van der Waals surface area contributed by atoms with Crippen LogP contribution < -0.4 is 0 Å². The average molecular weight is 291 g/mol. The van der Waals surface area contributed by atoms with Crippen LogP contribution in [0.15, 0.2) is 36.4 Å². The SMILES string of the molecule is CCCC(CCC)C(O)c1ccc(Cl)c2ccccc12. The van der Waals surface area contributed by atoms with Crippen LogP contribution in [-0.4, -0.2) is 5.11 Å². The number of halogens is 1. The van der Waals surface area contributed by atoms with Gasteiger partial charge in [-0.2, -0.15) is 0 Å². The van der Waals surface area contributed by atoms with Crippen molar-refractivity contribution in [2.45, 2.75) is 45.6 Å². The average Bonchev–Trinajstić information content (AvgIpc) is 2.47. The summed E-state index contributed by atoms with van der Waals surface area (Å²) in [5.41, 5.74) is 1.01. The first kappa shape index (κ1) is 15.3. The molecule has 1 unspecified atom stereocenters. The van der Waals surface area contributed by atoms with Gasteiger partial charge in [0.15, 0.2) is 0 Å². The van der Waals surface area contributed by atoms with Crippen LogP contribution >= 0.6 is 11.6 Å². The first-order valence-corrected chi connectivity index (χ1v) is 7.92. The van der Waals surface area contributed by atoms with E-state index in [1.165, 1.54) is 0 Å². The molecule has 0 saturated carbocycles. The highest BCUT2D eigenvalue weighted by Gasteiger charge is 2.21. The predicted molar refractivity (Wildman–Crippen MR) is 87.2 cm³/mol. The van der Waals surface area contributed by atoms with E-state index in [0.29, 0.717) is 5.92 Å². The maximum atomic E-state index is 10.8. The maximum Gasteiger partial charge on any atom is 0.0824 e. The summed E-state index contributed by atoms with van der Waals surface area (Å²) in [6, 6.07) is 11.9. The summed E-state index contributed by atoms with van der Waals surface area (Å²) in [6.07, 6.45) is 3.93. The molecule has 0 aliphatic rings. The van der Waals surface area contributed by atoms with Crippen LogP contribution in [0.2, 0.25) is 5.02 Å². The van der Waals surface area contributed by atoms with Crippen molar-refractivity contribution in [3.8, 4) is 0 Å². The Morgan fingerprint density at radius 1 is 0.950 bits per heavy atom. The topological polar surface area (TPSA) is 20.2 Å². The van der Waals surface area contributed by atoms with Crippen LogP contribution in [0.1, 0.15) is 51.2 Å². The molecular weight excluding hydrogens is 268 g/mol. The van der Waals surface area contributed by atoms with Crippen molar-refractivity contribution in [1.82, 2.24) is 0 Å². The molecule has 1 atom stereocenters. The van der Waals surface area contributed by atoms with Gasteiger partial charge in [0.05, 0.1) is 6.10 Å². The molecule has 2 rings (SSSR count). The highest BCUT2D eigenvalue weighted by atomic mass is 35.5. The highest BCUT2D eigenvalue weighted by Crippen LogP contribution is 2.35. The fourth-order valence-corrected chi connectivity index (χ4v) is 3.23. The van der Waals surface area contributed by atoms with E-state index in [-0.39, 0.29) is 0 Å². The second-order valence-electron chi connectivity index (χ2n) is 5.46. The molecule has 0 aliphatic heterocycles. The summed E-state index contributed by atoms with van der Waals surface area (Å²) in [6.45, 7) is 4.35. The molecule has 0 radical (unpaired) electrons. The van der Waals surface area contributed by atoms with E-state index >= 15 is 0 Å². The van der Waals surface area contributed by atoms with Gasteiger partial charge in [0, 0.05) is 10.4 Å². The van der Waals surface area contributed by atoms with Gasteiger partial charge in [-0.05, 0) is 35.8 Å². The number of aliphatic hydroxyl groups excluding tert-OH is 1. The number of fused-ring (bicyclic) bond motifs is 1. The second-order valence-corrected chi connectivity index (χ2v) is 5.87. The highest BCUT2D eigenvalue weighted by molar-refractivity contribution is 6.35. The van der Waals surface area contributed by atoms with E-state index in [9.17, 15) is 5.11 Å². The third-order valence-corrected chi connectivity index (χ3v) is 4.32. The van der Waals surface area contributed by atoms with Crippen LogP contribution in [0.3, 0.4) is 0 Å². The van der Waals surface area contributed by atoms with Crippen molar-refractivity contribution in [2.24, 2.45) is 5.92 Å². The van der Waals surface area contributed by atoms with E-state index in [1.54, 1.807) is 0 Å². The Morgan fingerprint density at radius 2 is 1.55 bits per heavy atom. The molecule has 0 amide bonds. The Balaban J connectivity index is 2.43. The minimum Gasteiger partial charge on any atom is -0.388 e. The molecule has 2 aromatic carbocycles. The van der Waals surface area contributed by atoms with Gasteiger partial charge in [0.25, 0.3) is 0 Å². The predicted octanol–water partition coefficient (Wildman–Crippen LogP) is 5.74. The number of rotatable bonds is 6. The zero-order valence-electron chi connectivity index (χ0n) is 12.3. The zero-order chi connectivity index (χ0) is 14.5. The summed E-state index contributed by atoms with van der Waals surface area (Å²) in [4.78, 5) is 0. The lowest BCUT2D eigenvalue weighted by Crippen LogP contribution is -2.13. The van der Waals surface area contributed by atoms with Gasteiger partial charge < -0.3 is 5.11 Å². The Kier molecular flexibility index (Phi) is 5.45. The summed E-state index contributed by atoms with van der Waals surface area (Å²) >= 11 is 6.25. The number of hydrogen-bond donors (Lipinski definition) is 1. The lowest BCUT2D eigenvalue weighted by atomic mass is 9.86. The van der Waals surface area contributed by atoms with Gasteiger partial charge >= 0.3 is 0 Å². The van der Waals surface area contributed by atoms with Crippen molar-refractivity contribution in [2.75, 3.05) is 0 Å². The first-order chi connectivity index (χ1) is 9.69. The smallest absolute Gasteiger partial charge is 0.0824 e. The molecule has 0 saturated heterocycles. The van der Waals surface area contributed by atoms with E-state index in [4.69, 9.17) is 11.6 Å². The summed E-state index contributed by atoms with van der Waals surface area (Å²) in [7, 11) is 0. The summed E-state index contributed by atoms with van der Waals surface area (Å²) < 4.78 is 0. The minimum atomic E-state index is -0.405. The van der Waals surface area contributed by atoms with Gasteiger partial charge in [-0.3, -0.25) is 0 Å². The molecule has 2 aromatic rings. The Labute approximate surface area is 126 Å². The third kappa shape index (κ3) is 3.16. The molecular formula is C18H23ClO. The Hall–Kier alpha value is -1.05. The molecule has 20 heavy (non-hydrogen) atoms. The number of hydrogen-bond acceptors (Lipinski definition) is 1. The molecule has 0 aromatic heterocycles. The van der Waals surface area contributed by atoms with Gasteiger partial charge in [0.2, 0.25) is 0 Å². The second kappa shape index (κ2) is 7.10. The Morgan fingerprint density at radius 3 is 2.15 bits per heavy atom. The number of aliphatic hydroxyl groups is 1. The molecule has 0 spiro atoms. The molecule has 1 nitrogen and oxygen atoms in total. The van der Waals surface area contributed by atoms with Crippen molar-refractivity contribution in [1.29, 1.82) is 0 Å². The van der Waals surface area contributed by atoms with E-state index in [0.717, 1.165) is 47.0 Å². The van der Waals surface area contributed by atoms with Gasteiger partial charge in [-0.25, -0.2) is 0 Å². The van der Waals surface area contributed by atoms with Crippen molar-refractivity contribution in [3.05, 3.63) is 47.0 Å². The van der Waals surface area contributed by atoms with Gasteiger partial charge in [0.1, 0.15) is 0 Å². The van der Waals surface area contributed by atoms with Crippen molar-refractivity contribution >= 4 is 22.4 Å². The van der Waals surface area contributed by atoms with Crippen LogP contribution in [-0.2, 0) is 0 Å². The van der Waals surface area contributed by atoms with Crippen molar-refractivity contribution in [3.63, 3.8) is 0 Å². The van der Waals surface area contributed by atoms with E-state index in [1.807, 2.05) is 30.3 Å². The monoisotopic (exact) mass is 290 g/mol. The van der Waals surface area contributed by atoms with Crippen LogP contribution in [0.4, 0.5) is 0 Å². The lowest BCUT2D eigenvalue weighted by Gasteiger charge is -2.24. The molecule has 0 heterocycles. The fraction of sp³-hybridized carbons (Fsp3) is 0.444. The van der Waals surface area contributed by atoms with Crippen LogP contribution in [0.5, 0.6) is 0 Å². The van der Waals surface area contributed by atoms with E-state index < -0.39 is 6.10 Å². The zero-order valence-corrected chi connectivity index (χ0v) is 13.0. The normalized spacial score (nSPS) is 13.1. The largest absolute Gasteiger partial charge is 0.388 e. The standard InChI is InChI=1S/C18H23ClO/c1-3-7-13(8-4-2)18(20)16-11-12-17(19)15-10-6-5-9-14(15)16/h5-6,9-13,18,20H,3-4,7-8H2,1-2H3. The van der Waals surface area contributed by atoms with Crippen molar-refractivity contribution < 1.29 is 5.11 Å². The quantitative estimate of drug-likeness (QED) is 0.719. The fourth-order valence-electron chi connectivity index (χ4n) is 3.00. The first-order valence-electron chi connectivity index (χ1n) is 7.54. The van der Waals surface area contributed by atoms with Crippen LogP contribution in [0, 0.1) is 5.92 Å². The molecule has 0 fully saturated rings. The summed E-state index contributed by atoms with van der Waals surface area (Å²) in [5, 5.41) is 13.6. The summed E-state index contributed by atoms with van der Waals surface area (Å²) in [5.74, 6) is 0.328. The molecule has 0 bridgehead atoms. The number of benzene rings is 2. The Bertz CT molecular complexity index is 558. The molecule has 0 aliphatic carbocycles. The van der Waals surface area contributed by atoms with Crippen LogP contribution in [0.25, 0.3) is 10.8 Å². The molecule has 2 heteroatoms. The minimum absolute atomic E-state index is 0.328. The third-order valence-electron chi connectivity index (χ3n) is 3.99. The maximum absolute atomic E-state index is 10.8.